The molecule has 0 aromatic carbocycles. The van der Waals surface area contributed by atoms with Crippen molar-refractivity contribution in [3.05, 3.63) is 26.7 Å². The van der Waals surface area contributed by atoms with Gasteiger partial charge < -0.3 is 0 Å². The number of pyridine rings is 1. The molecule has 0 unspecified atom stereocenters. The molecule has 14 heavy (non-hydrogen) atoms. The second-order valence-electron chi connectivity index (χ2n) is 2.69. The van der Waals surface area contributed by atoms with Crippen molar-refractivity contribution in [1.82, 2.24) is 15.0 Å². The van der Waals surface area contributed by atoms with Crippen molar-refractivity contribution >= 4 is 50.2 Å². The minimum absolute atomic E-state index is 0.367. The lowest BCUT2D eigenvalue weighted by molar-refractivity contribution is 1.07. The van der Waals surface area contributed by atoms with Gasteiger partial charge in [0.15, 0.2) is 5.65 Å². The molecular formula is C8H4BrCl2N3. The highest BCUT2D eigenvalue weighted by atomic mass is 79.9. The quantitative estimate of drug-likeness (QED) is 0.552. The maximum Gasteiger partial charge on any atom is 0.166 e. The summed E-state index contributed by atoms with van der Waals surface area (Å²) in [5, 5.41) is 1.44. The van der Waals surface area contributed by atoms with Gasteiger partial charge in [-0.25, -0.2) is 15.0 Å². The van der Waals surface area contributed by atoms with Crippen LogP contribution in [0.4, 0.5) is 0 Å². The molecule has 3 nitrogen and oxygen atoms in total. The lowest BCUT2D eigenvalue weighted by Crippen LogP contribution is -1.93. The van der Waals surface area contributed by atoms with E-state index in [1.807, 2.05) is 0 Å². The predicted molar refractivity (Wildman–Crippen MR) is 59.8 cm³/mol. The van der Waals surface area contributed by atoms with Gasteiger partial charge in [0.05, 0.1) is 9.86 Å². The Kier molecular flexibility index (Phi) is 2.60. The largest absolute Gasteiger partial charge is 0.221 e. The van der Waals surface area contributed by atoms with Gasteiger partial charge in [0, 0.05) is 0 Å². The van der Waals surface area contributed by atoms with Crippen LogP contribution in [0, 0.1) is 6.92 Å². The lowest BCUT2D eigenvalue weighted by Gasteiger charge is -2.02. The average molecular weight is 293 g/mol. The second kappa shape index (κ2) is 3.61. The van der Waals surface area contributed by atoms with E-state index in [1.165, 1.54) is 0 Å². The number of hydrogen-bond donors (Lipinski definition) is 0. The SMILES string of the molecule is Cc1nc(Cl)c2cc(Br)c(Cl)nc2n1. The normalized spacial score (nSPS) is 10.9. The number of halogens is 3. The summed E-state index contributed by atoms with van der Waals surface area (Å²) >= 11 is 15.0. The summed E-state index contributed by atoms with van der Waals surface area (Å²) in [6.45, 7) is 1.75. The lowest BCUT2D eigenvalue weighted by atomic mass is 10.3. The Balaban J connectivity index is 2.89. The number of nitrogens with zero attached hydrogens (tertiary/aromatic N) is 3. The maximum atomic E-state index is 5.93. The molecule has 2 aromatic heterocycles. The monoisotopic (exact) mass is 291 g/mol. The predicted octanol–water partition coefficient (Wildman–Crippen LogP) is 3.40. The molecule has 0 bridgehead atoms. The standard InChI is InChI=1S/C8H4BrCl2N3/c1-3-12-6(10)4-2-5(9)7(11)14-8(4)13-3/h2H,1H3. The van der Waals surface area contributed by atoms with E-state index in [1.54, 1.807) is 13.0 Å². The van der Waals surface area contributed by atoms with E-state index in [-0.39, 0.29) is 0 Å². The summed E-state index contributed by atoms with van der Waals surface area (Å²) in [6.07, 6.45) is 0. The molecule has 0 amide bonds. The van der Waals surface area contributed by atoms with Crippen molar-refractivity contribution in [2.45, 2.75) is 6.92 Å². The molecule has 0 radical (unpaired) electrons. The van der Waals surface area contributed by atoms with Gasteiger partial charge in [-0.05, 0) is 28.9 Å². The number of fused-ring (bicyclic) bond motifs is 1. The summed E-state index contributed by atoms with van der Waals surface area (Å²) in [4.78, 5) is 12.2. The van der Waals surface area contributed by atoms with Crippen LogP contribution in [0.25, 0.3) is 11.0 Å². The van der Waals surface area contributed by atoms with Gasteiger partial charge in [-0.2, -0.15) is 0 Å². The summed E-state index contributed by atoms with van der Waals surface area (Å²) < 4.78 is 0.681. The molecular weight excluding hydrogens is 289 g/mol. The first-order chi connectivity index (χ1) is 6.58. The third-order valence-electron chi connectivity index (χ3n) is 1.66. The first kappa shape index (κ1) is 10.1. The molecule has 0 spiro atoms. The number of aromatic nitrogens is 3. The first-order valence-electron chi connectivity index (χ1n) is 3.74. The Morgan fingerprint density at radius 2 is 1.86 bits per heavy atom. The van der Waals surface area contributed by atoms with E-state index >= 15 is 0 Å². The van der Waals surface area contributed by atoms with Crippen molar-refractivity contribution in [3.63, 3.8) is 0 Å². The van der Waals surface area contributed by atoms with Crippen molar-refractivity contribution in [3.8, 4) is 0 Å². The fourth-order valence-corrected chi connectivity index (χ4v) is 1.79. The van der Waals surface area contributed by atoms with Crippen LogP contribution in [0.5, 0.6) is 0 Å². The highest BCUT2D eigenvalue weighted by molar-refractivity contribution is 9.10. The van der Waals surface area contributed by atoms with Crippen molar-refractivity contribution in [1.29, 1.82) is 0 Å². The Morgan fingerprint density at radius 1 is 1.14 bits per heavy atom. The van der Waals surface area contributed by atoms with Crippen LogP contribution in [-0.4, -0.2) is 15.0 Å². The second-order valence-corrected chi connectivity index (χ2v) is 4.26. The van der Waals surface area contributed by atoms with Gasteiger partial charge in [0.2, 0.25) is 0 Å². The van der Waals surface area contributed by atoms with Gasteiger partial charge >= 0.3 is 0 Å². The highest BCUT2D eigenvalue weighted by Gasteiger charge is 2.08. The Hall–Kier alpha value is -0.450. The third-order valence-corrected chi connectivity index (χ3v) is 3.07. The molecule has 0 fully saturated rings. The molecule has 2 heterocycles. The van der Waals surface area contributed by atoms with E-state index < -0.39 is 0 Å². The molecule has 0 atom stereocenters. The summed E-state index contributed by atoms with van der Waals surface area (Å²) in [5.74, 6) is 0.577. The average Bonchev–Trinajstić information content (AvgIpc) is 2.08. The van der Waals surface area contributed by atoms with E-state index in [4.69, 9.17) is 23.2 Å². The van der Waals surface area contributed by atoms with Crippen LogP contribution in [0.15, 0.2) is 10.5 Å². The maximum absolute atomic E-state index is 5.93. The van der Waals surface area contributed by atoms with Gasteiger partial charge in [-0.15, -0.1) is 0 Å². The zero-order valence-electron chi connectivity index (χ0n) is 7.05. The highest BCUT2D eigenvalue weighted by Crippen LogP contribution is 2.27. The summed E-state index contributed by atoms with van der Waals surface area (Å²) in [6, 6.07) is 1.76. The third kappa shape index (κ3) is 1.69. The van der Waals surface area contributed by atoms with Crippen LogP contribution in [0.1, 0.15) is 5.82 Å². The van der Waals surface area contributed by atoms with E-state index in [0.717, 1.165) is 0 Å². The van der Waals surface area contributed by atoms with Gasteiger partial charge in [-0.1, -0.05) is 23.2 Å². The molecule has 0 aliphatic rings. The minimum atomic E-state index is 0.367. The summed E-state index contributed by atoms with van der Waals surface area (Å²) in [7, 11) is 0. The molecule has 0 saturated carbocycles. The minimum Gasteiger partial charge on any atom is -0.221 e. The molecule has 0 N–H and O–H groups in total. The van der Waals surface area contributed by atoms with Crippen molar-refractivity contribution in [2.75, 3.05) is 0 Å². The van der Waals surface area contributed by atoms with Crippen LogP contribution < -0.4 is 0 Å². The molecule has 0 aliphatic heterocycles. The van der Waals surface area contributed by atoms with E-state index in [0.29, 0.717) is 31.6 Å². The van der Waals surface area contributed by atoms with Crippen LogP contribution in [0.3, 0.4) is 0 Å². The number of aryl methyl sites for hydroxylation is 1. The Morgan fingerprint density at radius 3 is 2.57 bits per heavy atom. The number of hydrogen-bond acceptors (Lipinski definition) is 3. The van der Waals surface area contributed by atoms with Crippen LogP contribution in [-0.2, 0) is 0 Å². The number of rotatable bonds is 0. The van der Waals surface area contributed by atoms with Crippen LogP contribution in [0.2, 0.25) is 10.3 Å². The first-order valence-corrected chi connectivity index (χ1v) is 5.28. The Labute approximate surface area is 98.6 Å². The Bertz CT molecular complexity index is 515. The molecule has 0 saturated heterocycles. The van der Waals surface area contributed by atoms with Crippen molar-refractivity contribution < 1.29 is 0 Å². The molecule has 0 aliphatic carbocycles. The van der Waals surface area contributed by atoms with Gasteiger partial charge in [0.1, 0.15) is 16.1 Å². The zero-order chi connectivity index (χ0) is 10.3. The fourth-order valence-electron chi connectivity index (χ4n) is 1.08. The molecule has 72 valence electrons. The molecule has 6 heteroatoms. The molecule has 2 rings (SSSR count). The van der Waals surface area contributed by atoms with Crippen molar-refractivity contribution in [2.24, 2.45) is 0 Å². The van der Waals surface area contributed by atoms with Gasteiger partial charge in [-0.3, -0.25) is 0 Å². The smallest absolute Gasteiger partial charge is 0.166 e. The van der Waals surface area contributed by atoms with E-state index in [2.05, 4.69) is 30.9 Å². The fraction of sp³-hybridized carbons (Fsp3) is 0.125. The zero-order valence-corrected chi connectivity index (χ0v) is 10.2. The molecule has 2 aromatic rings. The summed E-state index contributed by atoms with van der Waals surface area (Å²) in [5.41, 5.74) is 0.510. The van der Waals surface area contributed by atoms with E-state index in [9.17, 15) is 0 Å². The topological polar surface area (TPSA) is 38.7 Å². The van der Waals surface area contributed by atoms with Crippen LogP contribution >= 0.6 is 39.1 Å². The van der Waals surface area contributed by atoms with Gasteiger partial charge in [0.25, 0.3) is 0 Å².